The van der Waals surface area contributed by atoms with Crippen LogP contribution in [0.5, 0.6) is 0 Å². The zero-order chi connectivity index (χ0) is 10.9. The van der Waals surface area contributed by atoms with E-state index in [0.717, 1.165) is 12.8 Å². The third-order valence-electron chi connectivity index (χ3n) is 2.53. The lowest BCUT2D eigenvalue weighted by Crippen LogP contribution is -2.37. The number of benzene rings is 1. The SMILES string of the molecule is Nc1ccc(N2CCCCS2(=O)=O)cc1. The van der Waals surface area contributed by atoms with E-state index in [1.807, 2.05) is 0 Å². The summed E-state index contributed by atoms with van der Waals surface area (Å²) in [5, 5.41) is 0. The Morgan fingerprint density at radius 3 is 2.40 bits per heavy atom. The van der Waals surface area contributed by atoms with Gasteiger partial charge in [0.2, 0.25) is 10.0 Å². The van der Waals surface area contributed by atoms with Crippen LogP contribution in [0.15, 0.2) is 24.3 Å². The fourth-order valence-corrected chi connectivity index (χ4v) is 3.36. The Kier molecular flexibility index (Phi) is 2.56. The molecular weight excluding hydrogens is 212 g/mol. The molecule has 4 nitrogen and oxygen atoms in total. The van der Waals surface area contributed by atoms with Gasteiger partial charge in [-0.15, -0.1) is 0 Å². The Morgan fingerprint density at radius 2 is 1.80 bits per heavy atom. The smallest absolute Gasteiger partial charge is 0.235 e. The summed E-state index contributed by atoms with van der Waals surface area (Å²) in [5.74, 6) is 0.247. The summed E-state index contributed by atoms with van der Waals surface area (Å²) in [5.41, 5.74) is 6.91. The molecule has 1 aliphatic rings. The van der Waals surface area contributed by atoms with Gasteiger partial charge in [0, 0.05) is 12.2 Å². The van der Waals surface area contributed by atoms with Crippen molar-refractivity contribution in [2.24, 2.45) is 0 Å². The minimum Gasteiger partial charge on any atom is -0.399 e. The second-order valence-electron chi connectivity index (χ2n) is 3.69. The highest BCUT2D eigenvalue weighted by molar-refractivity contribution is 7.92. The van der Waals surface area contributed by atoms with E-state index in [0.29, 0.717) is 17.9 Å². The molecule has 5 heteroatoms. The Bertz CT molecular complexity index is 439. The third-order valence-corrected chi connectivity index (χ3v) is 4.40. The standard InChI is InChI=1S/C10H14N2O2S/c11-9-3-5-10(6-4-9)12-7-1-2-8-15(12,13)14/h3-6H,1-2,7-8,11H2. The fourth-order valence-electron chi connectivity index (χ4n) is 1.72. The van der Waals surface area contributed by atoms with E-state index in [2.05, 4.69) is 0 Å². The van der Waals surface area contributed by atoms with Gasteiger partial charge in [-0.2, -0.15) is 0 Å². The predicted octanol–water partition coefficient (Wildman–Crippen LogP) is 1.20. The molecule has 1 aromatic rings. The summed E-state index contributed by atoms with van der Waals surface area (Å²) in [6, 6.07) is 6.94. The molecular formula is C10H14N2O2S. The van der Waals surface area contributed by atoms with Crippen LogP contribution in [0, 0.1) is 0 Å². The number of anilines is 2. The molecule has 0 saturated carbocycles. The van der Waals surface area contributed by atoms with E-state index in [4.69, 9.17) is 5.73 Å². The van der Waals surface area contributed by atoms with Gasteiger partial charge < -0.3 is 5.73 Å². The molecule has 82 valence electrons. The van der Waals surface area contributed by atoms with Crippen molar-refractivity contribution in [3.63, 3.8) is 0 Å². The van der Waals surface area contributed by atoms with Gasteiger partial charge in [-0.3, -0.25) is 4.31 Å². The molecule has 0 aliphatic carbocycles. The zero-order valence-corrected chi connectivity index (χ0v) is 9.20. The molecule has 0 amide bonds. The zero-order valence-electron chi connectivity index (χ0n) is 8.39. The van der Waals surface area contributed by atoms with Gasteiger partial charge in [0.05, 0.1) is 11.4 Å². The first kappa shape index (κ1) is 10.3. The monoisotopic (exact) mass is 226 g/mol. The van der Waals surface area contributed by atoms with Crippen molar-refractivity contribution in [2.45, 2.75) is 12.8 Å². The van der Waals surface area contributed by atoms with Gasteiger partial charge in [-0.1, -0.05) is 0 Å². The molecule has 0 atom stereocenters. The first-order chi connectivity index (χ1) is 7.09. The molecule has 1 aromatic carbocycles. The van der Waals surface area contributed by atoms with Gasteiger partial charge in [0.25, 0.3) is 0 Å². The lowest BCUT2D eigenvalue weighted by molar-refractivity contribution is 0.574. The van der Waals surface area contributed by atoms with Crippen LogP contribution in [0.2, 0.25) is 0 Å². The predicted molar refractivity (Wildman–Crippen MR) is 61.2 cm³/mol. The van der Waals surface area contributed by atoms with Gasteiger partial charge >= 0.3 is 0 Å². The van der Waals surface area contributed by atoms with Crippen molar-refractivity contribution < 1.29 is 8.42 Å². The van der Waals surface area contributed by atoms with E-state index in [-0.39, 0.29) is 5.75 Å². The van der Waals surface area contributed by atoms with Crippen molar-refractivity contribution in [1.29, 1.82) is 0 Å². The Balaban J connectivity index is 2.33. The van der Waals surface area contributed by atoms with Crippen LogP contribution in [-0.4, -0.2) is 20.7 Å². The first-order valence-corrected chi connectivity index (χ1v) is 6.56. The third kappa shape index (κ3) is 2.07. The lowest BCUT2D eigenvalue weighted by atomic mass is 10.2. The highest BCUT2D eigenvalue weighted by atomic mass is 32.2. The van der Waals surface area contributed by atoms with Crippen LogP contribution in [0.25, 0.3) is 0 Å². The molecule has 1 saturated heterocycles. The lowest BCUT2D eigenvalue weighted by Gasteiger charge is -2.28. The summed E-state index contributed by atoms with van der Waals surface area (Å²) in [7, 11) is -3.10. The van der Waals surface area contributed by atoms with Crippen molar-refractivity contribution in [3.8, 4) is 0 Å². The van der Waals surface area contributed by atoms with Crippen LogP contribution in [-0.2, 0) is 10.0 Å². The molecule has 0 radical (unpaired) electrons. The number of nitrogens with zero attached hydrogens (tertiary/aromatic N) is 1. The maximum absolute atomic E-state index is 11.8. The second kappa shape index (κ2) is 3.73. The van der Waals surface area contributed by atoms with E-state index in [1.54, 1.807) is 24.3 Å². The number of nitrogens with two attached hydrogens (primary N) is 1. The van der Waals surface area contributed by atoms with Crippen LogP contribution in [0.4, 0.5) is 11.4 Å². The van der Waals surface area contributed by atoms with Crippen LogP contribution >= 0.6 is 0 Å². The molecule has 0 spiro atoms. The molecule has 1 fully saturated rings. The van der Waals surface area contributed by atoms with Gasteiger partial charge in [0.1, 0.15) is 0 Å². The highest BCUT2D eigenvalue weighted by Gasteiger charge is 2.25. The van der Waals surface area contributed by atoms with Crippen molar-refractivity contribution >= 4 is 21.4 Å². The summed E-state index contributed by atoms with van der Waals surface area (Å²) in [6.07, 6.45) is 1.68. The Morgan fingerprint density at radius 1 is 1.13 bits per heavy atom. The minimum absolute atomic E-state index is 0.247. The van der Waals surface area contributed by atoms with E-state index in [9.17, 15) is 8.42 Å². The molecule has 2 N–H and O–H groups in total. The van der Waals surface area contributed by atoms with Crippen molar-refractivity contribution in [2.75, 3.05) is 22.3 Å². The normalized spacial score (nSPS) is 20.1. The molecule has 0 unspecified atom stereocenters. The van der Waals surface area contributed by atoms with Crippen molar-refractivity contribution in [1.82, 2.24) is 0 Å². The Hall–Kier alpha value is -1.23. The number of sulfonamides is 1. The maximum Gasteiger partial charge on any atom is 0.235 e. The summed E-state index contributed by atoms with van der Waals surface area (Å²) in [6.45, 7) is 0.576. The largest absolute Gasteiger partial charge is 0.399 e. The summed E-state index contributed by atoms with van der Waals surface area (Å²) >= 11 is 0. The number of hydrogen-bond donors (Lipinski definition) is 1. The quantitative estimate of drug-likeness (QED) is 0.732. The second-order valence-corrected chi connectivity index (χ2v) is 5.70. The minimum atomic E-state index is -3.10. The molecule has 1 heterocycles. The Labute approximate surface area is 89.7 Å². The van der Waals surface area contributed by atoms with Crippen LogP contribution in [0.1, 0.15) is 12.8 Å². The first-order valence-electron chi connectivity index (χ1n) is 4.95. The topological polar surface area (TPSA) is 63.4 Å². The van der Waals surface area contributed by atoms with Crippen LogP contribution in [0.3, 0.4) is 0 Å². The van der Waals surface area contributed by atoms with Gasteiger partial charge in [-0.25, -0.2) is 8.42 Å². The fraction of sp³-hybridized carbons (Fsp3) is 0.400. The van der Waals surface area contributed by atoms with E-state index >= 15 is 0 Å². The maximum atomic E-state index is 11.8. The van der Waals surface area contributed by atoms with Crippen molar-refractivity contribution in [3.05, 3.63) is 24.3 Å². The number of hydrogen-bond acceptors (Lipinski definition) is 3. The highest BCUT2D eigenvalue weighted by Crippen LogP contribution is 2.23. The molecule has 15 heavy (non-hydrogen) atoms. The number of nitrogen functional groups attached to an aromatic ring is 1. The summed E-state index contributed by atoms with van der Waals surface area (Å²) < 4.78 is 25.0. The average Bonchev–Trinajstić information content (AvgIpc) is 2.19. The molecule has 1 aliphatic heterocycles. The summed E-state index contributed by atoms with van der Waals surface area (Å²) in [4.78, 5) is 0. The molecule has 0 bridgehead atoms. The number of rotatable bonds is 1. The molecule has 0 aromatic heterocycles. The van der Waals surface area contributed by atoms with E-state index < -0.39 is 10.0 Å². The van der Waals surface area contributed by atoms with E-state index in [1.165, 1.54) is 4.31 Å². The van der Waals surface area contributed by atoms with Gasteiger partial charge in [0.15, 0.2) is 0 Å². The average molecular weight is 226 g/mol. The van der Waals surface area contributed by atoms with Crippen LogP contribution < -0.4 is 10.0 Å². The molecule has 2 rings (SSSR count). The van der Waals surface area contributed by atoms with Gasteiger partial charge in [-0.05, 0) is 37.1 Å².